The van der Waals surface area contributed by atoms with Gasteiger partial charge < -0.3 is 5.73 Å². The fraction of sp³-hybridized carbons (Fsp3) is 0.200. The first kappa shape index (κ1) is 3.31. The summed E-state index contributed by atoms with van der Waals surface area (Å²) in [6.45, 7) is -2.25. The monoisotopic (exact) mass is 145 g/mol. The SMILES string of the molecule is [2H]C([2H])([2H])c1ncc(C(N)=O)s1. The van der Waals surface area contributed by atoms with Crippen molar-refractivity contribution in [2.45, 2.75) is 6.85 Å². The Morgan fingerprint density at radius 1 is 2.11 bits per heavy atom. The number of thiazole rings is 1. The van der Waals surface area contributed by atoms with Gasteiger partial charge in [0, 0.05) is 4.11 Å². The molecule has 2 N–H and O–H groups in total. The number of aryl methyl sites for hydroxylation is 1. The van der Waals surface area contributed by atoms with Crippen LogP contribution in [0.3, 0.4) is 0 Å². The summed E-state index contributed by atoms with van der Waals surface area (Å²) in [4.78, 5) is 14.3. The zero-order valence-corrected chi connectivity index (χ0v) is 5.23. The van der Waals surface area contributed by atoms with Crippen LogP contribution < -0.4 is 5.73 Å². The largest absolute Gasteiger partial charge is 0.365 e. The van der Waals surface area contributed by atoms with E-state index in [1.807, 2.05) is 0 Å². The van der Waals surface area contributed by atoms with E-state index in [1.165, 1.54) is 6.20 Å². The van der Waals surface area contributed by atoms with Crippen LogP contribution >= 0.6 is 11.3 Å². The van der Waals surface area contributed by atoms with Gasteiger partial charge in [0.1, 0.15) is 4.88 Å². The summed E-state index contributed by atoms with van der Waals surface area (Å²) in [6.07, 6.45) is 1.18. The molecule has 0 atom stereocenters. The molecule has 0 saturated carbocycles. The molecule has 1 heterocycles. The van der Waals surface area contributed by atoms with Crippen LogP contribution in [0.1, 0.15) is 18.8 Å². The van der Waals surface area contributed by atoms with Crippen LogP contribution in [0.4, 0.5) is 0 Å². The molecule has 0 aromatic carbocycles. The van der Waals surface area contributed by atoms with Gasteiger partial charge in [-0.3, -0.25) is 4.79 Å². The van der Waals surface area contributed by atoms with Crippen molar-refractivity contribution in [2.24, 2.45) is 5.73 Å². The average molecular weight is 145 g/mol. The molecule has 0 aliphatic rings. The minimum Gasteiger partial charge on any atom is -0.365 e. The van der Waals surface area contributed by atoms with Crippen LogP contribution in [-0.2, 0) is 0 Å². The normalized spacial score (nSPS) is 15.8. The molecule has 1 aromatic rings. The zero-order valence-electron chi connectivity index (χ0n) is 7.42. The van der Waals surface area contributed by atoms with Gasteiger partial charge in [0.05, 0.1) is 11.2 Å². The number of hydrogen-bond acceptors (Lipinski definition) is 3. The van der Waals surface area contributed by atoms with Crippen LogP contribution in [0.2, 0.25) is 0 Å². The predicted octanol–water partition coefficient (Wildman–Crippen LogP) is 0.550. The quantitative estimate of drug-likeness (QED) is 0.627. The first-order chi connectivity index (χ1) is 5.41. The van der Waals surface area contributed by atoms with E-state index in [4.69, 9.17) is 9.85 Å². The molecule has 3 nitrogen and oxygen atoms in total. The summed E-state index contributed by atoms with van der Waals surface area (Å²) < 4.78 is 20.9. The first-order valence-corrected chi connectivity index (χ1v) is 2.99. The van der Waals surface area contributed by atoms with E-state index in [2.05, 4.69) is 4.98 Å². The van der Waals surface area contributed by atoms with E-state index in [0.29, 0.717) is 0 Å². The first-order valence-electron chi connectivity index (χ1n) is 3.67. The molecule has 0 saturated heterocycles. The van der Waals surface area contributed by atoms with E-state index >= 15 is 0 Å². The van der Waals surface area contributed by atoms with Crippen molar-refractivity contribution in [3.63, 3.8) is 0 Å². The number of rotatable bonds is 1. The third-order valence-electron chi connectivity index (χ3n) is 0.749. The van der Waals surface area contributed by atoms with Crippen LogP contribution in [0.5, 0.6) is 0 Å². The van der Waals surface area contributed by atoms with E-state index in [9.17, 15) is 4.79 Å². The predicted molar refractivity (Wildman–Crippen MR) is 35.4 cm³/mol. The molecule has 1 rings (SSSR count). The molecule has 0 spiro atoms. The number of carbonyl (C=O) groups is 1. The lowest BCUT2D eigenvalue weighted by molar-refractivity contribution is 0.100. The third kappa shape index (κ3) is 1.26. The highest BCUT2D eigenvalue weighted by Crippen LogP contribution is 2.09. The lowest BCUT2D eigenvalue weighted by Gasteiger charge is -1.79. The van der Waals surface area contributed by atoms with Gasteiger partial charge in [-0.1, -0.05) is 0 Å². The van der Waals surface area contributed by atoms with Gasteiger partial charge in [0.15, 0.2) is 0 Å². The van der Waals surface area contributed by atoms with Gasteiger partial charge in [0.2, 0.25) is 0 Å². The molecule has 0 fully saturated rings. The Morgan fingerprint density at radius 3 is 3.22 bits per heavy atom. The number of amides is 1. The topological polar surface area (TPSA) is 56.0 Å². The Hall–Kier alpha value is -0.900. The Morgan fingerprint density at radius 2 is 2.89 bits per heavy atom. The van der Waals surface area contributed by atoms with Crippen LogP contribution in [-0.4, -0.2) is 10.9 Å². The molecule has 0 radical (unpaired) electrons. The Labute approximate surface area is 60.7 Å². The minimum absolute atomic E-state index is 0.0590. The molecular weight excluding hydrogens is 136 g/mol. The van der Waals surface area contributed by atoms with Crippen molar-refractivity contribution in [1.82, 2.24) is 4.98 Å². The van der Waals surface area contributed by atoms with Crippen LogP contribution in [0, 0.1) is 6.85 Å². The van der Waals surface area contributed by atoms with E-state index in [-0.39, 0.29) is 9.88 Å². The Kier molecular flexibility index (Phi) is 0.790. The van der Waals surface area contributed by atoms with Crippen molar-refractivity contribution in [1.29, 1.82) is 0 Å². The zero-order chi connectivity index (χ0) is 9.35. The van der Waals surface area contributed by atoms with Gasteiger partial charge in [-0.2, -0.15) is 0 Å². The number of aromatic nitrogens is 1. The van der Waals surface area contributed by atoms with Gasteiger partial charge in [-0.25, -0.2) is 4.98 Å². The Balaban J connectivity index is 3.00. The van der Waals surface area contributed by atoms with Crippen molar-refractivity contribution < 1.29 is 8.91 Å². The number of carbonyl (C=O) groups excluding carboxylic acids is 1. The maximum Gasteiger partial charge on any atom is 0.260 e. The van der Waals surface area contributed by atoms with Crippen molar-refractivity contribution in [2.75, 3.05) is 0 Å². The number of hydrogen-bond donors (Lipinski definition) is 1. The highest BCUT2D eigenvalue weighted by Gasteiger charge is 2.01. The molecule has 48 valence electrons. The molecule has 0 aliphatic heterocycles. The second kappa shape index (κ2) is 2.14. The van der Waals surface area contributed by atoms with Gasteiger partial charge >= 0.3 is 0 Å². The lowest BCUT2D eigenvalue weighted by Crippen LogP contribution is -2.08. The van der Waals surface area contributed by atoms with E-state index in [0.717, 1.165) is 11.3 Å². The van der Waals surface area contributed by atoms with E-state index < -0.39 is 12.8 Å². The maximum atomic E-state index is 10.6. The standard InChI is InChI=1S/C5H6N2OS/c1-3-7-2-4(9-3)5(6)8/h2H,1H3,(H2,6,8)/i1D3. The fourth-order valence-corrected chi connectivity index (χ4v) is 0.908. The number of nitrogens with two attached hydrogens (primary N) is 1. The molecule has 9 heavy (non-hydrogen) atoms. The average Bonchev–Trinajstić information content (AvgIpc) is 2.30. The smallest absolute Gasteiger partial charge is 0.260 e. The van der Waals surface area contributed by atoms with E-state index in [1.54, 1.807) is 0 Å². The lowest BCUT2D eigenvalue weighted by atomic mass is 10.5. The number of primary amides is 1. The molecule has 1 amide bonds. The molecule has 0 aliphatic carbocycles. The Bertz CT molecular complexity index is 306. The fourth-order valence-electron chi connectivity index (χ4n) is 0.388. The highest BCUT2D eigenvalue weighted by atomic mass is 32.1. The summed E-state index contributed by atoms with van der Waals surface area (Å²) in [5, 5.41) is -0.0590. The summed E-state index contributed by atoms with van der Waals surface area (Å²) in [5.74, 6) is -0.650. The molecule has 4 heteroatoms. The summed E-state index contributed by atoms with van der Waals surface area (Å²) in [5.41, 5.74) is 4.92. The molecular formula is C5H6N2OS. The molecule has 0 unspecified atom stereocenters. The van der Waals surface area contributed by atoms with Gasteiger partial charge in [0.25, 0.3) is 5.91 Å². The molecule has 1 aromatic heterocycles. The van der Waals surface area contributed by atoms with Gasteiger partial charge in [-0.15, -0.1) is 11.3 Å². The van der Waals surface area contributed by atoms with Crippen LogP contribution in [0.25, 0.3) is 0 Å². The van der Waals surface area contributed by atoms with Crippen LogP contribution in [0.15, 0.2) is 6.20 Å². The van der Waals surface area contributed by atoms with Crippen molar-refractivity contribution in [3.05, 3.63) is 16.1 Å². The second-order valence-corrected chi connectivity index (χ2v) is 2.42. The summed E-state index contributed by atoms with van der Waals surface area (Å²) >= 11 is 0.800. The van der Waals surface area contributed by atoms with Gasteiger partial charge in [-0.05, 0) is 6.85 Å². The minimum atomic E-state index is -2.25. The maximum absolute atomic E-state index is 10.6. The second-order valence-electron chi connectivity index (χ2n) is 1.39. The molecule has 0 bridgehead atoms. The highest BCUT2D eigenvalue weighted by molar-refractivity contribution is 7.13. The van der Waals surface area contributed by atoms with Crippen molar-refractivity contribution in [3.8, 4) is 0 Å². The van der Waals surface area contributed by atoms with Crippen molar-refractivity contribution >= 4 is 17.2 Å². The summed E-state index contributed by atoms with van der Waals surface area (Å²) in [7, 11) is 0. The third-order valence-corrected chi connectivity index (χ3v) is 1.57. The summed E-state index contributed by atoms with van der Waals surface area (Å²) in [6, 6.07) is 0. The number of nitrogens with zero attached hydrogens (tertiary/aromatic N) is 1.